The predicted octanol–water partition coefficient (Wildman–Crippen LogP) is 4.75. The summed E-state index contributed by atoms with van der Waals surface area (Å²) in [6.07, 6.45) is 6.49. The van der Waals surface area contributed by atoms with Crippen molar-refractivity contribution in [2.75, 3.05) is 6.54 Å². The molecule has 1 aliphatic rings. The first-order valence-electron chi connectivity index (χ1n) is 6.70. The molecule has 1 nitrogen and oxygen atoms in total. The second kappa shape index (κ2) is 5.83. The zero-order valence-electron chi connectivity index (χ0n) is 12.2. The molecule has 0 unspecified atom stereocenters. The third-order valence-corrected chi connectivity index (χ3v) is 3.48. The monoisotopic (exact) mass is 251 g/mol. The molecule has 0 bridgehead atoms. The minimum atomic E-state index is 0.772. The van der Waals surface area contributed by atoms with Crippen molar-refractivity contribution in [3.63, 3.8) is 0 Å². The average Bonchev–Trinajstić information content (AvgIpc) is 2.43. The van der Waals surface area contributed by atoms with Crippen LogP contribution in [0.2, 0.25) is 0 Å². The van der Waals surface area contributed by atoms with Gasteiger partial charge in [0.15, 0.2) is 0 Å². The van der Waals surface area contributed by atoms with Crippen molar-refractivity contribution in [2.24, 2.45) is 4.99 Å². The van der Waals surface area contributed by atoms with Crippen LogP contribution in [0.3, 0.4) is 0 Å². The molecule has 0 saturated heterocycles. The number of hydrogen-bond acceptors (Lipinski definition) is 1. The lowest BCUT2D eigenvalue weighted by atomic mass is 9.96. The van der Waals surface area contributed by atoms with Gasteiger partial charge in [-0.1, -0.05) is 42.0 Å². The average molecular weight is 251 g/mol. The van der Waals surface area contributed by atoms with E-state index in [9.17, 15) is 0 Å². The molecule has 0 aromatic heterocycles. The molecule has 1 heteroatoms. The maximum absolute atomic E-state index is 4.47. The molecular formula is C18H21N. The smallest absolute Gasteiger partial charge is 0.0600 e. The highest BCUT2D eigenvalue weighted by Gasteiger charge is 2.05. The summed E-state index contributed by atoms with van der Waals surface area (Å²) >= 11 is 0. The molecule has 0 aliphatic carbocycles. The number of aliphatic imine (C=N–C) groups is 1. The molecule has 0 fully saturated rings. The second-order valence-electron chi connectivity index (χ2n) is 5.24. The first-order chi connectivity index (χ1) is 9.08. The number of rotatable bonds is 1. The van der Waals surface area contributed by atoms with Gasteiger partial charge in [-0.3, -0.25) is 4.99 Å². The minimum Gasteiger partial charge on any atom is -0.288 e. The lowest BCUT2D eigenvalue weighted by Gasteiger charge is -2.09. The van der Waals surface area contributed by atoms with Crippen LogP contribution in [0.5, 0.6) is 0 Å². The Hall–Kier alpha value is -1.89. The highest BCUT2D eigenvalue weighted by Crippen LogP contribution is 2.24. The van der Waals surface area contributed by atoms with E-state index in [2.05, 4.69) is 69.1 Å². The minimum absolute atomic E-state index is 0.772. The fourth-order valence-corrected chi connectivity index (χ4v) is 2.18. The molecule has 0 N–H and O–H groups in total. The van der Waals surface area contributed by atoms with Crippen LogP contribution in [0.1, 0.15) is 31.9 Å². The van der Waals surface area contributed by atoms with E-state index in [0.29, 0.717) is 0 Å². The summed E-state index contributed by atoms with van der Waals surface area (Å²) in [5, 5.41) is 0. The molecule has 98 valence electrons. The van der Waals surface area contributed by atoms with Crippen molar-refractivity contribution in [1.82, 2.24) is 0 Å². The van der Waals surface area contributed by atoms with Crippen molar-refractivity contribution < 1.29 is 0 Å². The Labute approximate surface area is 116 Å². The predicted molar refractivity (Wildman–Crippen MR) is 84.6 cm³/mol. The van der Waals surface area contributed by atoms with Gasteiger partial charge in [0, 0.05) is 6.21 Å². The summed E-state index contributed by atoms with van der Waals surface area (Å²) in [4.78, 5) is 4.47. The summed E-state index contributed by atoms with van der Waals surface area (Å²) in [7, 11) is 0. The van der Waals surface area contributed by atoms with E-state index in [1.165, 1.54) is 33.4 Å². The number of aryl methyl sites for hydroxylation is 1. The van der Waals surface area contributed by atoms with Crippen LogP contribution in [0, 0.1) is 6.92 Å². The quantitative estimate of drug-likeness (QED) is 0.683. The van der Waals surface area contributed by atoms with Crippen molar-refractivity contribution in [2.45, 2.75) is 27.7 Å². The molecule has 1 aliphatic heterocycles. The molecule has 19 heavy (non-hydrogen) atoms. The van der Waals surface area contributed by atoms with Crippen molar-refractivity contribution in [3.05, 3.63) is 64.3 Å². The fraction of sp³-hybridized carbons (Fsp3) is 0.278. The van der Waals surface area contributed by atoms with Gasteiger partial charge in [-0.15, -0.1) is 0 Å². The molecule has 0 amide bonds. The highest BCUT2D eigenvalue weighted by molar-refractivity contribution is 5.84. The molecule has 0 radical (unpaired) electrons. The van der Waals surface area contributed by atoms with Crippen molar-refractivity contribution in [3.8, 4) is 0 Å². The summed E-state index contributed by atoms with van der Waals surface area (Å²) < 4.78 is 0. The van der Waals surface area contributed by atoms with Gasteiger partial charge < -0.3 is 0 Å². The molecule has 1 aromatic carbocycles. The van der Waals surface area contributed by atoms with Gasteiger partial charge >= 0.3 is 0 Å². The normalized spacial score (nSPS) is 25.7. The van der Waals surface area contributed by atoms with Crippen LogP contribution in [-0.2, 0) is 0 Å². The Morgan fingerprint density at radius 3 is 2.37 bits per heavy atom. The Morgan fingerprint density at radius 1 is 0.895 bits per heavy atom. The Balaban J connectivity index is 2.58. The van der Waals surface area contributed by atoms with Crippen LogP contribution in [-0.4, -0.2) is 12.8 Å². The van der Waals surface area contributed by atoms with E-state index in [4.69, 9.17) is 0 Å². The van der Waals surface area contributed by atoms with E-state index in [1.54, 1.807) is 0 Å². The third kappa shape index (κ3) is 3.31. The largest absolute Gasteiger partial charge is 0.288 e. The fourth-order valence-electron chi connectivity index (χ4n) is 2.18. The molecule has 0 atom stereocenters. The summed E-state index contributed by atoms with van der Waals surface area (Å²) in [6, 6.07) is 8.53. The van der Waals surface area contributed by atoms with Gasteiger partial charge in [0.1, 0.15) is 0 Å². The number of nitrogens with zero attached hydrogens (tertiary/aromatic N) is 1. The van der Waals surface area contributed by atoms with Crippen LogP contribution in [0.4, 0.5) is 0 Å². The van der Waals surface area contributed by atoms with Crippen LogP contribution in [0.15, 0.2) is 58.1 Å². The SMILES string of the molecule is C/C1=C/C(c2ccccc2C)=C\C(C)=C(/C)C=NC1. The van der Waals surface area contributed by atoms with Crippen molar-refractivity contribution in [1.29, 1.82) is 0 Å². The van der Waals surface area contributed by atoms with Gasteiger partial charge in [-0.25, -0.2) is 0 Å². The van der Waals surface area contributed by atoms with Gasteiger partial charge in [0.25, 0.3) is 0 Å². The summed E-state index contributed by atoms with van der Waals surface area (Å²) in [5.41, 5.74) is 7.67. The topological polar surface area (TPSA) is 12.4 Å². The van der Waals surface area contributed by atoms with E-state index >= 15 is 0 Å². The maximum Gasteiger partial charge on any atom is 0.0600 e. The zero-order valence-corrected chi connectivity index (χ0v) is 12.2. The molecule has 1 aromatic rings. The Morgan fingerprint density at radius 2 is 1.63 bits per heavy atom. The van der Waals surface area contributed by atoms with Crippen LogP contribution < -0.4 is 0 Å². The Bertz CT molecular complexity index is 598. The molecule has 2 rings (SSSR count). The van der Waals surface area contributed by atoms with Crippen LogP contribution >= 0.6 is 0 Å². The highest BCUT2D eigenvalue weighted by atomic mass is 14.7. The molecule has 0 spiro atoms. The van der Waals surface area contributed by atoms with Gasteiger partial charge in [0.2, 0.25) is 0 Å². The molecule has 1 heterocycles. The second-order valence-corrected chi connectivity index (χ2v) is 5.24. The standard InChI is InChI=1S/C18H21N/c1-13-9-17(18-8-6-5-7-14(18)2)10-15(3)16(4)12-19-11-13/h5-10,12H,11H2,1-4H3/b13-9-,16-15+,17-10+,19-12?. The first kappa shape index (κ1) is 13.5. The Kier molecular flexibility index (Phi) is 4.16. The number of allylic oxidation sites excluding steroid dienone is 5. The van der Waals surface area contributed by atoms with Gasteiger partial charge in [-0.2, -0.15) is 0 Å². The number of hydrogen-bond donors (Lipinski definition) is 0. The third-order valence-electron chi connectivity index (χ3n) is 3.48. The first-order valence-corrected chi connectivity index (χ1v) is 6.70. The zero-order chi connectivity index (χ0) is 13.8. The van der Waals surface area contributed by atoms with Crippen molar-refractivity contribution >= 4 is 11.8 Å². The molecular weight excluding hydrogens is 230 g/mol. The molecule has 0 saturated carbocycles. The lowest BCUT2D eigenvalue weighted by Crippen LogP contribution is -1.89. The summed E-state index contributed by atoms with van der Waals surface area (Å²) in [5.74, 6) is 0. The van der Waals surface area contributed by atoms with E-state index in [1.807, 2.05) is 6.21 Å². The maximum atomic E-state index is 4.47. The lowest BCUT2D eigenvalue weighted by molar-refractivity contribution is 1.14. The van der Waals surface area contributed by atoms with E-state index in [-0.39, 0.29) is 0 Å². The van der Waals surface area contributed by atoms with E-state index in [0.717, 1.165) is 6.54 Å². The number of benzene rings is 1. The van der Waals surface area contributed by atoms with Gasteiger partial charge in [0.05, 0.1) is 6.54 Å². The van der Waals surface area contributed by atoms with Gasteiger partial charge in [-0.05, 0) is 55.5 Å². The van der Waals surface area contributed by atoms with Crippen LogP contribution in [0.25, 0.3) is 5.57 Å². The summed E-state index contributed by atoms with van der Waals surface area (Å²) in [6.45, 7) is 9.33. The van der Waals surface area contributed by atoms with E-state index < -0.39 is 0 Å².